The van der Waals surface area contributed by atoms with Gasteiger partial charge in [0.25, 0.3) is 0 Å². The van der Waals surface area contributed by atoms with Gasteiger partial charge in [0.15, 0.2) is 0 Å². The molecular formula is C15H28N2O. The number of hydrogen-bond donors (Lipinski definition) is 0. The lowest BCUT2D eigenvalue weighted by Gasteiger charge is -2.39. The van der Waals surface area contributed by atoms with E-state index in [0.29, 0.717) is 29.7 Å². The normalized spacial score (nSPS) is 39.8. The quantitative estimate of drug-likeness (QED) is 0.751. The Hall–Kier alpha value is -0.410. The van der Waals surface area contributed by atoms with Crippen molar-refractivity contribution in [1.29, 1.82) is 0 Å². The fourth-order valence-electron chi connectivity index (χ4n) is 3.43. The fraction of sp³-hybridized carbons (Fsp3) is 0.933. The van der Waals surface area contributed by atoms with E-state index in [1.165, 1.54) is 0 Å². The molecule has 104 valence electrons. The molecule has 18 heavy (non-hydrogen) atoms. The highest BCUT2D eigenvalue weighted by molar-refractivity contribution is 5.83. The van der Waals surface area contributed by atoms with Gasteiger partial charge in [-0.1, -0.05) is 0 Å². The van der Waals surface area contributed by atoms with Gasteiger partial charge in [-0.05, 0) is 66.7 Å². The Labute approximate surface area is 112 Å². The number of carbonyl (C=O) groups excluding carboxylic acids is 1. The van der Waals surface area contributed by atoms with Crippen LogP contribution in [0, 0.1) is 11.8 Å². The van der Waals surface area contributed by atoms with E-state index in [-0.39, 0.29) is 0 Å². The highest BCUT2D eigenvalue weighted by Crippen LogP contribution is 2.30. The summed E-state index contributed by atoms with van der Waals surface area (Å²) in [7, 11) is 4.34. The molecule has 0 saturated carbocycles. The van der Waals surface area contributed by atoms with E-state index in [1.54, 1.807) is 0 Å². The Kier molecular flexibility index (Phi) is 4.44. The average molecular weight is 252 g/mol. The van der Waals surface area contributed by atoms with Crippen LogP contribution in [0.1, 0.15) is 39.5 Å². The van der Waals surface area contributed by atoms with Gasteiger partial charge in [-0.2, -0.15) is 0 Å². The third kappa shape index (κ3) is 2.94. The van der Waals surface area contributed by atoms with Gasteiger partial charge in [0.2, 0.25) is 0 Å². The molecule has 2 fully saturated rings. The molecule has 4 unspecified atom stereocenters. The summed E-state index contributed by atoms with van der Waals surface area (Å²) in [6, 6.07) is 1.13. The van der Waals surface area contributed by atoms with Crippen LogP contribution in [0.25, 0.3) is 0 Å². The Balaban J connectivity index is 1.91. The van der Waals surface area contributed by atoms with Crippen LogP contribution >= 0.6 is 0 Å². The largest absolute Gasteiger partial charge is 0.304 e. The molecule has 0 bridgehead atoms. The van der Waals surface area contributed by atoms with E-state index < -0.39 is 0 Å². The smallest absolute Gasteiger partial charge is 0.139 e. The third-order valence-corrected chi connectivity index (χ3v) is 5.22. The van der Waals surface area contributed by atoms with Crippen LogP contribution in [0.15, 0.2) is 0 Å². The summed E-state index contributed by atoms with van der Waals surface area (Å²) in [5.41, 5.74) is 0. The Morgan fingerprint density at radius 2 is 1.28 bits per heavy atom. The van der Waals surface area contributed by atoms with E-state index in [0.717, 1.165) is 38.8 Å². The highest BCUT2D eigenvalue weighted by Gasteiger charge is 2.34. The van der Waals surface area contributed by atoms with Crippen LogP contribution in [0.3, 0.4) is 0 Å². The van der Waals surface area contributed by atoms with Gasteiger partial charge < -0.3 is 9.80 Å². The minimum atomic E-state index is 0.330. The summed E-state index contributed by atoms with van der Waals surface area (Å²) in [4.78, 5) is 17.4. The highest BCUT2D eigenvalue weighted by atomic mass is 16.1. The Morgan fingerprint density at radius 3 is 1.61 bits per heavy atom. The van der Waals surface area contributed by atoms with E-state index in [2.05, 4.69) is 37.7 Å². The second kappa shape index (κ2) is 5.70. The predicted octanol–water partition coefficient (Wildman–Crippen LogP) is 2.02. The average Bonchev–Trinajstić information content (AvgIpc) is 2.35. The molecule has 0 spiro atoms. The molecular weight excluding hydrogens is 224 g/mol. The number of likely N-dealkylation sites (tertiary alicyclic amines) is 2. The van der Waals surface area contributed by atoms with E-state index in [4.69, 9.17) is 0 Å². The maximum atomic E-state index is 12.6. The molecule has 3 heteroatoms. The molecule has 2 heterocycles. The van der Waals surface area contributed by atoms with E-state index >= 15 is 0 Å². The molecule has 4 atom stereocenters. The van der Waals surface area contributed by atoms with Gasteiger partial charge in [-0.25, -0.2) is 0 Å². The summed E-state index contributed by atoms with van der Waals surface area (Å²) in [6.07, 6.45) is 4.27. The number of hydrogen-bond acceptors (Lipinski definition) is 3. The second-order valence-corrected chi connectivity index (χ2v) is 6.50. The van der Waals surface area contributed by atoms with Crippen LogP contribution < -0.4 is 0 Å². The number of Topliss-reactive ketones (excluding diaryl/α,β-unsaturated/α-hetero) is 1. The van der Waals surface area contributed by atoms with Crippen LogP contribution in [0.5, 0.6) is 0 Å². The van der Waals surface area contributed by atoms with Crippen molar-refractivity contribution in [3.63, 3.8) is 0 Å². The lowest BCUT2D eigenvalue weighted by atomic mass is 9.78. The van der Waals surface area contributed by atoms with Gasteiger partial charge in [-0.3, -0.25) is 4.79 Å². The monoisotopic (exact) mass is 252 g/mol. The maximum absolute atomic E-state index is 12.6. The Morgan fingerprint density at radius 1 is 0.889 bits per heavy atom. The Bertz CT molecular complexity index is 277. The predicted molar refractivity (Wildman–Crippen MR) is 74.6 cm³/mol. The van der Waals surface area contributed by atoms with Crippen molar-refractivity contribution >= 4 is 5.78 Å². The summed E-state index contributed by atoms with van der Waals surface area (Å²) in [5, 5.41) is 0. The number of piperidine rings is 2. The van der Waals surface area contributed by atoms with E-state index in [1.807, 2.05) is 0 Å². The lowest BCUT2D eigenvalue weighted by Crippen LogP contribution is -2.45. The first-order valence-electron chi connectivity index (χ1n) is 7.43. The molecule has 0 amide bonds. The van der Waals surface area contributed by atoms with Gasteiger partial charge in [0.1, 0.15) is 5.78 Å². The van der Waals surface area contributed by atoms with Crippen LogP contribution in [0.4, 0.5) is 0 Å². The molecule has 0 radical (unpaired) electrons. The summed E-state index contributed by atoms with van der Waals surface area (Å²) >= 11 is 0. The van der Waals surface area contributed by atoms with Gasteiger partial charge >= 0.3 is 0 Å². The van der Waals surface area contributed by atoms with Crippen LogP contribution in [0.2, 0.25) is 0 Å². The molecule has 2 aliphatic rings. The van der Waals surface area contributed by atoms with Crippen molar-refractivity contribution in [2.45, 2.75) is 51.6 Å². The number of carbonyl (C=O) groups is 1. The lowest BCUT2D eigenvalue weighted by molar-refractivity contribution is -0.130. The summed E-state index contributed by atoms with van der Waals surface area (Å²) in [5.74, 6) is 1.23. The minimum absolute atomic E-state index is 0.330. The van der Waals surface area contributed by atoms with Gasteiger partial charge in [0.05, 0.1) is 0 Å². The SMILES string of the molecule is CC1CC(C(=O)C2CCN(C)C(C)C2)CCN1C. The van der Waals surface area contributed by atoms with Gasteiger partial charge in [0, 0.05) is 23.9 Å². The standard InChI is InChI=1S/C15H28N2O/c1-11-9-13(5-7-16(11)3)15(18)14-6-8-17(4)12(2)10-14/h11-14H,5-10H2,1-4H3. The zero-order valence-electron chi connectivity index (χ0n) is 12.4. The second-order valence-electron chi connectivity index (χ2n) is 6.50. The molecule has 2 rings (SSSR count). The third-order valence-electron chi connectivity index (χ3n) is 5.22. The van der Waals surface area contributed by atoms with Crippen molar-refractivity contribution in [2.24, 2.45) is 11.8 Å². The van der Waals surface area contributed by atoms with Crippen molar-refractivity contribution in [1.82, 2.24) is 9.80 Å². The topological polar surface area (TPSA) is 23.6 Å². The number of nitrogens with zero attached hydrogens (tertiary/aromatic N) is 2. The van der Waals surface area contributed by atoms with Crippen molar-refractivity contribution in [3.8, 4) is 0 Å². The molecule has 0 aromatic carbocycles. The molecule has 0 aromatic heterocycles. The molecule has 2 saturated heterocycles. The van der Waals surface area contributed by atoms with E-state index in [9.17, 15) is 4.79 Å². The number of rotatable bonds is 2. The summed E-state index contributed by atoms with van der Waals surface area (Å²) < 4.78 is 0. The van der Waals surface area contributed by atoms with Crippen LogP contribution in [-0.2, 0) is 4.79 Å². The van der Waals surface area contributed by atoms with Crippen molar-refractivity contribution in [2.75, 3.05) is 27.2 Å². The minimum Gasteiger partial charge on any atom is -0.304 e. The molecule has 0 aromatic rings. The summed E-state index contributed by atoms with van der Waals surface area (Å²) in [6.45, 7) is 6.66. The first-order valence-corrected chi connectivity index (χ1v) is 7.43. The van der Waals surface area contributed by atoms with Crippen molar-refractivity contribution in [3.05, 3.63) is 0 Å². The molecule has 2 aliphatic heterocycles. The van der Waals surface area contributed by atoms with Gasteiger partial charge in [-0.15, -0.1) is 0 Å². The van der Waals surface area contributed by atoms with Crippen LogP contribution in [-0.4, -0.2) is 54.9 Å². The maximum Gasteiger partial charge on any atom is 0.139 e. The first-order chi connectivity index (χ1) is 8.49. The molecule has 0 N–H and O–H groups in total. The number of ketones is 1. The zero-order valence-corrected chi connectivity index (χ0v) is 12.4. The van der Waals surface area contributed by atoms with Crippen molar-refractivity contribution < 1.29 is 4.79 Å². The zero-order chi connectivity index (χ0) is 13.3. The molecule has 0 aliphatic carbocycles. The molecule has 3 nitrogen and oxygen atoms in total. The fourth-order valence-corrected chi connectivity index (χ4v) is 3.43. The first kappa shape index (κ1) is 14.0.